The Balaban J connectivity index is 1.91. The quantitative estimate of drug-likeness (QED) is 0.805. The molecule has 4 unspecified atom stereocenters. The molecule has 3 heterocycles. The second-order valence-corrected chi connectivity index (χ2v) is 6.43. The molecule has 5 heteroatoms. The van der Waals surface area contributed by atoms with Gasteiger partial charge < -0.3 is 15.0 Å². The van der Waals surface area contributed by atoms with E-state index < -0.39 is 5.54 Å². The highest BCUT2D eigenvalue weighted by Gasteiger charge is 2.53. The molecule has 1 N–H and O–H groups in total. The van der Waals surface area contributed by atoms with E-state index in [9.17, 15) is 9.59 Å². The maximum atomic E-state index is 12.7. The molecule has 4 atom stereocenters. The summed E-state index contributed by atoms with van der Waals surface area (Å²) in [5, 5.41) is 2.83. The van der Waals surface area contributed by atoms with E-state index in [1.165, 1.54) is 0 Å². The molecule has 3 aliphatic rings. The number of nitrogens with one attached hydrogen (secondary N) is 1. The normalized spacial score (nSPS) is 40.7. The Hall–Kier alpha value is -1.10. The third-order valence-corrected chi connectivity index (χ3v) is 4.66. The molecule has 0 radical (unpaired) electrons. The highest BCUT2D eigenvalue weighted by Crippen LogP contribution is 2.39. The monoisotopic (exact) mass is 266 g/mol. The number of carbonyl (C=O) groups excluding carboxylic acids is 2. The van der Waals surface area contributed by atoms with Crippen LogP contribution in [-0.2, 0) is 14.3 Å². The van der Waals surface area contributed by atoms with E-state index in [0.717, 1.165) is 19.3 Å². The molecular formula is C14H22N2O3. The van der Waals surface area contributed by atoms with Gasteiger partial charge in [0.15, 0.2) is 0 Å². The summed E-state index contributed by atoms with van der Waals surface area (Å²) in [4.78, 5) is 26.7. The van der Waals surface area contributed by atoms with E-state index in [1.54, 1.807) is 13.8 Å². The highest BCUT2D eigenvalue weighted by atomic mass is 16.5. The van der Waals surface area contributed by atoms with Gasteiger partial charge in [-0.25, -0.2) is 0 Å². The second kappa shape index (κ2) is 4.20. The van der Waals surface area contributed by atoms with E-state index in [2.05, 4.69) is 5.32 Å². The third kappa shape index (κ3) is 1.86. The van der Waals surface area contributed by atoms with Gasteiger partial charge in [-0.05, 0) is 39.5 Å². The van der Waals surface area contributed by atoms with Crippen LogP contribution in [0.5, 0.6) is 0 Å². The first-order chi connectivity index (χ1) is 8.94. The van der Waals surface area contributed by atoms with Gasteiger partial charge in [-0.2, -0.15) is 0 Å². The van der Waals surface area contributed by atoms with Crippen molar-refractivity contribution in [2.75, 3.05) is 0 Å². The minimum atomic E-state index is -0.801. The van der Waals surface area contributed by atoms with Gasteiger partial charge >= 0.3 is 0 Å². The first kappa shape index (κ1) is 12.9. The van der Waals surface area contributed by atoms with Crippen LogP contribution in [-0.4, -0.2) is 46.5 Å². The fourth-order valence-corrected chi connectivity index (χ4v) is 3.70. The number of fused-ring (bicyclic) bond motifs is 2. The Morgan fingerprint density at radius 3 is 2.63 bits per heavy atom. The molecule has 3 rings (SSSR count). The van der Waals surface area contributed by atoms with Crippen LogP contribution in [0.25, 0.3) is 0 Å². The van der Waals surface area contributed by atoms with Crippen molar-refractivity contribution < 1.29 is 14.3 Å². The topological polar surface area (TPSA) is 58.6 Å². The summed E-state index contributed by atoms with van der Waals surface area (Å²) in [5.74, 6) is -0.00465. The van der Waals surface area contributed by atoms with Crippen LogP contribution in [0.2, 0.25) is 0 Å². The zero-order chi connectivity index (χ0) is 13.8. The summed E-state index contributed by atoms with van der Waals surface area (Å²) in [5.41, 5.74) is -0.801. The van der Waals surface area contributed by atoms with E-state index in [0.29, 0.717) is 6.42 Å². The van der Waals surface area contributed by atoms with Crippen molar-refractivity contribution in [3.8, 4) is 0 Å². The van der Waals surface area contributed by atoms with Crippen molar-refractivity contribution in [1.29, 1.82) is 0 Å². The van der Waals surface area contributed by atoms with E-state index in [-0.39, 0.29) is 36.1 Å². The first-order valence-electron chi connectivity index (χ1n) is 7.24. The van der Waals surface area contributed by atoms with Gasteiger partial charge in [-0.3, -0.25) is 9.59 Å². The molecule has 19 heavy (non-hydrogen) atoms. The molecule has 2 amide bonds. The molecule has 3 aliphatic heterocycles. The Kier molecular flexibility index (Phi) is 2.85. The van der Waals surface area contributed by atoms with Crippen LogP contribution >= 0.6 is 0 Å². The van der Waals surface area contributed by atoms with Crippen molar-refractivity contribution >= 4 is 11.8 Å². The largest absolute Gasteiger partial charge is 0.373 e. The number of carbonyl (C=O) groups is 2. The number of rotatable bonds is 2. The molecule has 0 aromatic rings. The summed E-state index contributed by atoms with van der Waals surface area (Å²) < 4.78 is 5.86. The summed E-state index contributed by atoms with van der Waals surface area (Å²) in [6.45, 7) is 5.51. The lowest BCUT2D eigenvalue weighted by atomic mass is 9.88. The molecule has 3 saturated heterocycles. The van der Waals surface area contributed by atoms with Gasteiger partial charge in [0.2, 0.25) is 11.8 Å². The van der Waals surface area contributed by atoms with E-state index in [1.807, 2.05) is 11.8 Å². The maximum absolute atomic E-state index is 12.7. The Bertz CT molecular complexity index is 421. The van der Waals surface area contributed by atoms with Crippen LogP contribution in [0.4, 0.5) is 0 Å². The lowest BCUT2D eigenvalue weighted by molar-refractivity contribution is -0.157. The highest BCUT2D eigenvalue weighted by molar-refractivity contribution is 5.99. The lowest BCUT2D eigenvalue weighted by Gasteiger charge is -2.46. The van der Waals surface area contributed by atoms with Crippen LogP contribution in [0, 0.1) is 0 Å². The van der Waals surface area contributed by atoms with Crippen molar-refractivity contribution in [1.82, 2.24) is 10.2 Å². The number of hydrogen-bond acceptors (Lipinski definition) is 3. The molecule has 0 spiro atoms. The molecule has 0 aromatic heterocycles. The fourth-order valence-electron chi connectivity index (χ4n) is 3.70. The average molecular weight is 266 g/mol. The number of nitrogens with zero attached hydrogens (tertiary/aromatic N) is 1. The van der Waals surface area contributed by atoms with Gasteiger partial charge in [0.1, 0.15) is 11.6 Å². The number of ether oxygens (including phenoxy) is 1. The number of hydrogen-bond donors (Lipinski definition) is 1. The van der Waals surface area contributed by atoms with Crippen molar-refractivity contribution in [2.45, 2.75) is 76.3 Å². The smallest absolute Gasteiger partial charge is 0.248 e. The SMILES string of the molecule is CCC1C(=O)NC(C)(C)C(=O)N1C1CC2CCC1O2. The van der Waals surface area contributed by atoms with Gasteiger partial charge in [-0.1, -0.05) is 6.92 Å². The predicted molar refractivity (Wildman–Crippen MR) is 69.4 cm³/mol. The first-order valence-corrected chi connectivity index (χ1v) is 7.24. The molecule has 0 aromatic carbocycles. The fraction of sp³-hybridized carbons (Fsp3) is 0.857. The minimum Gasteiger partial charge on any atom is -0.373 e. The summed E-state index contributed by atoms with van der Waals surface area (Å²) in [6.07, 6.45) is 4.06. The van der Waals surface area contributed by atoms with Gasteiger partial charge in [0, 0.05) is 0 Å². The van der Waals surface area contributed by atoms with Crippen LogP contribution in [0.15, 0.2) is 0 Å². The number of amides is 2. The lowest BCUT2D eigenvalue weighted by Crippen LogP contribution is -2.70. The molecule has 5 nitrogen and oxygen atoms in total. The molecule has 106 valence electrons. The van der Waals surface area contributed by atoms with Gasteiger partial charge in [0.05, 0.1) is 18.2 Å². The minimum absolute atomic E-state index is 0.0279. The third-order valence-electron chi connectivity index (χ3n) is 4.66. The molecule has 3 fully saturated rings. The summed E-state index contributed by atoms with van der Waals surface area (Å²) in [7, 11) is 0. The Morgan fingerprint density at radius 2 is 2.11 bits per heavy atom. The van der Waals surface area contributed by atoms with Gasteiger partial charge in [-0.15, -0.1) is 0 Å². The van der Waals surface area contributed by atoms with Crippen molar-refractivity contribution in [3.63, 3.8) is 0 Å². The Labute approximate surface area is 113 Å². The summed E-state index contributed by atoms with van der Waals surface area (Å²) in [6, 6.07) is -0.255. The predicted octanol–water partition coefficient (Wildman–Crippen LogP) is 0.822. The molecule has 0 aliphatic carbocycles. The molecular weight excluding hydrogens is 244 g/mol. The molecule has 2 bridgehead atoms. The van der Waals surface area contributed by atoms with E-state index in [4.69, 9.17) is 4.74 Å². The van der Waals surface area contributed by atoms with Crippen LogP contribution < -0.4 is 5.32 Å². The summed E-state index contributed by atoms with van der Waals surface area (Å²) >= 11 is 0. The van der Waals surface area contributed by atoms with E-state index >= 15 is 0 Å². The maximum Gasteiger partial charge on any atom is 0.248 e. The van der Waals surface area contributed by atoms with Gasteiger partial charge in [0.25, 0.3) is 0 Å². The van der Waals surface area contributed by atoms with Crippen LogP contribution in [0.1, 0.15) is 46.5 Å². The van der Waals surface area contributed by atoms with Crippen molar-refractivity contribution in [3.05, 3.63) is 0 Å². The number of piperazine rings is 1. The van der Waals surface area contributed by atoms with Crippen molar-refractivity contribution in [2.24, 2.45) is 0 Å². The zero-order valence-corrected chi connectivity index (χ0v) is 11.8. The molecule has 0 saturated carbocycles. The zero-order valence-electron chi connectivity index (χ0n) is 11.8. The Morgan fingerprint density at radius 1 is 1.37 bits per heavy atom. The van der Waals surface area contributed by atoms with Crippen LogP contribution in [0.3, 0.4) is 0 Å². The average Bonchev–Trinajstić information content (AvgIpc) is 2.94. The standard InChI is InChI=1S/C14H22N2O3/c1-4-9-12(17)15-14(2,3)13(18)16(9)10-7-8-5-6-11(10)19-8/h8-11H,4-7H2,1-3H3,(H,15,17). The second-order valence-electron chi connectivity index (χ2n) is 6.43.